The van der Waals surface area contributed by atoms with Gasteiger partial charge in [-0.1, -0.05) is 55.8 Å². The number of halogens is 1. The van der Waals surface area contributed by atoms with Crippen molar-refractivity contribution in [1.29, 1.82) is 0 Å². The van der Waals surface area contributed by atoms with E-state index in [0.717, 1.165) is 23.4 Å². The molecule has 0 bridgehead atoms. The average molecular weight is 420 g/mol. The molecule has 0 unspecified atom stereocenters. The maximum Gasteiger partial charge on any atom is 0.277 e. The van der Waals surface area contributed by atoms with Gasteiger partial charge in [0.15, 0.2) is 5.78 Å². The maximum atomic E-state index is 13.5. The predicted molar refractivity (Wildman–Crippen MR) is 118 cm³/mol. The molecule has 1 atom stereocenters. The number of nitrogens with one attached hydrogen (secondary N) is 2. The number of hydrogen-bond acceptors (Lipinski definition) is 3. The highest BCUT2D eigenvalue weighted by atomic mass is 35.5. The van der Waals surface area contributed by atoms with Crippen LogP contribution in [0.2, 0.25) is 5.02 Å². The summed E-state index contributed by atoms with van der Waals surface area (Å²) in [6.45, 7) is 4.20. The largest absolute Gasteiger partial charge is 0.343 e. The zero-order valence-electron chi connectivity index (χ0n) is 16.8. The van der Waals surface area contributed by atoms with Crippen LogP contribution in [0.15, 0.2) is 70.7 Å². The van der Waals surface area contributed by atoms with E-state index in [2.05, 4.69) is 24.3 Å². The number of Topliss-reactive ketones (excluding diaryl/α,β-unsaturated/α-hetero) is 1. The lowest BCUT2D eigenvalue weighted by molar-refractivity contribution is -0.118. The molecule has 2 aromatic carbocycles. The van der Waals surface area contributed by atoms with Gasteiger partial charge in [0.05, 0.1) is 11.3 Å². The second-order valence-electron chi connectivity index (χ2n) is 8.82. The number of aromatic amines is 1. The van der Waals surface area contributed by atoms with Gasteiger partial charge in [-0.25, -0.2) is 4.68 Å². The van der Waals surface area contributed by atoms with Gasteiger partial charge in [-0.05, 0) is 41.7 Å². The summed E-state index contributed by atoms with van der Waals surface area (Å²) in [5, 5.41) is 7.23. The molecule has 30 heavy (non-hydrogen) atoms. The van der Waals surface area contributed by atoms with E-state index in [1.165, 1.54) is 4.68 Å². The molecule has 0 saturated heterocycles. The van der Waals surface area contributed by atoms with Gasteiger partial charge < -0.3 is 5.32 Å². The van der Waals surface area contributed by atoms with E-state index in [1.54, 1.807) is 12.1 Å². The quantitative estimate of drug-likeness (QED) is 0.612. The number of para-hydroxylation sites is 1. The van der Waals surface area contributed by atoms with Gasteiger partial charge in [0.1, 0.15) is 5.82 Å². The summed E-state index contributed by atoms with van der Waals surface area (Å²) < 4.78 is 1.54. The number of hydrogen-bond donors (Lipinski definition) is 2. The van der Waals surface area contributed by atoms with Crippen molar-refractivity contribution in [2.24, 2.45) is 5.41 Å². The molecule has 0 spiro atoms. The first kappa shape index (κ1) is 18.9. The van der Waals surface area contributed by atoms with Crippen molar-refractivity contribution in [3.8, 4) is 5.69 Å². The van der Waals surface area contributed by atoms with Gasteiger partial charge in [-0.15, -0.1) is 0 Å². The number of rotatable bonds is 2. The molecular formula is C24H22ClN3O2. The Morgan fingerprint density at radius 3 is 2.40 bits per heavy atom. The Bertz CT molecular complexity index is 1230. The van der Waals surface area contributed by atoms with Crippen molar-refractivity contribution < 1.29 is 4.79 Å². The summed E-state index contributed by atoms with van der Waals surface area (Å²) in [5.74, 6) is 0.310. The van der Waals surface area contributed by atoms with Crippen LogP contribution in [-0.4, -0.2) is 15.6 Å². The number of fused-ring (bicyclic) bond motifs is 1. The molecule has 1 aliphatic carbocycles. The molecule has 1 aliphatic heterocycles. The number of carbonyl (C=O) groups excluding carboxylic acids is 1. The molecule has 0 saturated carbocycles. The van der Waals surface area contributed by atoms with Crippen LogP contribution in [0.4, 0.5) is 5.82 Å². The lowest BCUT2D eigenvalue weighted by atomic mass is 9.69. The van der Waals surface area contributed by atoms with Gasteiger partial charge in [0.2, 0.25) is 0 Å². The molecule has 1 aromatic heterocycles. The number of ketones is 1. The van der Waals surface area contributed by atoms with Crippen molar-refractivity contribution >= 4 is 23.2 Å². The minimum atomic E-state index is -0.425. The molecule has 152 valence electrons. The normalized spacial score (nSPS) is 19.8. The fraction of sp³-hybridized carbons (Fsp3) is 0.250. The molecular weight excluding hydrogens is 398 g/mol. The molecule has 6 heteroatoms. The highest BCUT2D eigenvalue weighted by molar-refractivity contribution is 6.30. The van der Waals surface area contributed by atoms with Gasteiger partial charge in [-0.3, -0.25) is 14.7 Å². The number of aromatic nitrogens is 2. The van der Waals surface area contributed by atoms with Crippen molar-refractivity contribution in [3.05, 3.63) is 92.4 Å². The minimum absolute atomic E-state index is 0.0891. The monoisotopic (exact) mass is 419 g/mol. The van der Waals surface area contributed by atoms with E-state index in [4.69, 9.17) is 11.6 Å². The van der Waals surface area contributed by atoms with Crippen LogP contribution in [0, 0.1) is 5.41 Å². The number of carbonyl (C=O) groups is 1. The second kappa shape index (κ2) is 6.74. The standard InChI is InChI=1S/C24H22ClN3O2/c1-24(2)12-17-20(18(29)13-24)19(14-8-10-15(25)11-9-14)21-22(26-17)27-28(23(21)30)16-6-4-3-5-7-16/h3-11,19,26-27H,12-13H2,1-2H3/t19-/m1/s1. The van der Waals surface area contributed by atoms with Crippen molar-refractivity contribution in [2.45, 2.75) is 32.6 Å². The van der Waals surface area contributed by atoms with Crippen LogP contribution in [0.5, 0.6) is 0 Å². The predicted octanol–water partition coefficient (Wildman–Crippen LogP) is 5.02. The molecule has 2 heterocycles. The Kier molecular flexibility index (Phi) is 4.26. The second-order valence-corrected chi connectivity index (χ2v) is 9.26. The third-order valence-corrected chi connectivity index (χ3v) is 6.17. The third-order valence-electron chi connectivity index (χ3n) is 5.92. The summed E-state index contributed by atoms with van der Waals surface area (Å²) in [4.78, 5) is 26.8. The lowest BCUT2D eigenvalue weighted by Crippen LogP contribution is -2.35. The highest BCUT2D eigenvalue weighted by Gasteiger charge is 2.42. The molecule has 3 aromatic rings. The summed E-state index contributed by atoms with van der Waals surface area (Å²) in [6.07, 6.45) is 1.21. The first-order valence-corrected chi connectivity index (χ1v) is 10.4. The SMILES string of the molecule is CC1(C)CC(=O)C2=C(C1)Nc1[nH]n(-c3ccccc3)c(=O)c1[C@@H]2c1ccc(Cl)cc1. The lowest BCUT2D eigenvalue weighted by Gasteiger charge is -2.37. The number of allylic oxidation sites excluding steroid dienone is 2. The minimum Gasteiger partial charge on any atom is -0.343 e. The molecule has 0 fully saturated rings. The van der Waals surface area contributed by atoms with Gasteiger partial charge >= 0.3 is 0 Å². The van der Waals surface area contributed by atoms with Crippen LogP contribution < -0.4 is 10.9 Å². The van der Waals surface area contributed by atoms with E-state index in [0.29, 0.717) is 28.4 Å². The molecule has 0 radical (unpaired) electrons. The highest BCUT2D eigenvalue weighted by Crippen LogP contribution is 2.47. The van der Waals surface area contributed by atoms with Crippen LogP contribution in [0.3, 0.4) is 0 Å². The maximum absolute atomic E-state index is 13.5. The van der Waals surface area contributed by atoms with Crippen molar-refractivity contribution in [3.63, 3.8) is 0 Å². The first-order chi connectivity index (χ1) is 14.3. The Morgan fingerprint density at radius 2 is 1.70 bits per heavy atom. The van der Waals surface area contributed by atoms with Crippen molar-refractivity contribution in [1.82, 2.24) is 9.78 Å². The summed E-state index contributed by atoms with van der Waals surface area (Å²) >= 11 is 6.11. The molecule has 5 nitrogen and oxygen atoms in total. The molecule has 0 amide bonds. The van der Waals surface area contributed by atoms with E-state index < -0.39 is 5.92 Å². The van der Waals surface area contributed by atoms with Crippen LogP contribution in [-0.2, 0) is 4.79 Å². The molecule has 2 N–H and O–H groups in total. The van der Waals surface area contributed by atoms with Gasteiger partial charge in [0, 0.05) is 28.6 Å². The molecule has 2 aliphatic rings. The number of H-pyrrole nitrogens is 1. The average Bonchev–Trinajstić information content (AvgIpc) is 3.03. The summed E-state index contributed by atoms with van der Waals surface area (Å²) in [5.41, 5.74) is 3.50. The number of benzene rings is 2. The summed E-state index contributed by atoms with van der Waals surface area (Å²) in [7, 11) is 0. The van der Waals surface area contributed by atoms with Crippen LogP contribution in [0.1, 0.15) is 43.7 Å². The first-order valence-electron chi connectivity index (χ1n) is 10.0. The number of nitrogens with zero attached hydrogens (tertiary/aromatic N) is 1. The van der Waals surface area contributed by atoms with E-state index in [9.17, 15) is 9.59 Å². The van der Waals surface area contributed by atoms with Crippen LogP contribution in [0.25, 0.3) is 5.69 Å². The third kappa shape index (κ3) is 3.01. The van der Waals surface area contributed by atoms with Gasteiger partial charge in [0.25, 0.3) is 5.56 Å². The number of anilines is 1. The zero-order chi connectivity index (χ0) is 21.0. The molecule has 5 rings (SSSR count). The summed E-state index contributed by atoms with van der Waals surface area (Å²) in [6, 6.07) is 16.9. The zero-order valence-corrected chi connectivity index (χ0v) is 17.6. The Hall–Kier alpha value is -3.05. The Balaban J connectivity index is 1.74. The van der Waals surface area contributed by atoms with E-state index >= 15 is 0 Å². The topological polar surface area (TPSA) is 66.9 Å². The Labute approximate surface area is 179 Å². The smallest absolute Gasteiger partial charge is 0.277 e. The van der Waals surface area contributed by atoms with Crippen LogP contribution >= 0.6 is 11.6 Å². The fourth-order valence-corrected chi connectivity index (χ4v) is 4.76. The van der Waals surface area contributed by atoms with E-state index in [1.807, 2.05) is 42.5 Å². The Morgan fingerprint density at radius 1 is 1.00 bits per heavy atom. The van der Waals surface area contributed by atoms with Crippen molar-refractivity contribution in [2.75, 3.05) is 5.32 Å². The van der Waals surface area contributed by atoms with E-state index in [-0.39, 0.29) is 16.8 Å². The fourth-order valence-electron chi connectivity index (χ4n) is 4.64. The van der Waals surface area contributed by atoms with Gasteiger partial charge in [-0.2, -0.15) is 0 Å².